The molecule has 0 aliphatic rings. The number of hydrogen-bond acceptors (Lipinski definition) is 3. The molecular weight excluding hydrogens is 260 g/mol. The average Bonchev–Trinajstić information content (AvgIpc) is 2.47. The monoisotopic (exact) mass is 282 g/mol. The Hall–Kier alpha value is -2.05. The molecule has 0 spiro atoms. The number of nitriles is 1. The van der Waals surface area contributed by atoms with Crippen LogP contribution in [0.5, 0.6) is 5.75 Å². The fourth-order valence-corrected chi connectivity index (χ4v) is 2.64. The van der Waals surface area contributed by atoms with Crippen molar-refractivity contribution in [2.45, 2.75) is 38.8 Å². The summed E-state index contributed by atoms with van der Waals surface area (Å²) in [7, 11) is 0. The Bertz CT molecular complexity index is 647. The van der Waals surface area contributed by atoms with Crippen molar-refractivity contribution < 1.29 is 4.74 Å². The van der Waals surface area contributed by atoms with Gasteiger partial charge in [0.2, 0.25) is 0 Å². The van der Waals surface area contributed by atoms with Gasteiger partial charge < -0.3 is 4.74 Å². The zero-order valence-corrected chi connectivity index (χ0v) is 12.9. The number of benzene rings is 2. The molecule has 110 valence electrons. The first-order valence-electron chi connectivity index (χ1n) is 7.38. The summed E-state index contributed by atoms with van der Waals surface area (Å²) >= 11 is 0. The molecule has 2 unspecified atom stereocenters. The van der Waals surface area contributed by atoms with Gasteiger partial charge >= 0.3 is 0 Å². The highest BCUT2D eigenvalue weighted by Gasteiger charge is 2.26. The summed E-state index contributed by atoms with van der Waals surface area (Å²) < 4.78 is 5.98. The quantitative estimate of drug-likeness (QED) is 0.874. The van der Waals surface area contributed by atoms with Crippen molar-refractivity contribution in [1.29, 1.82) is 5.26 Å². The summed E-state index contributed by atoms with van der Waals surface area (Å²) in [4.78, 5) is 0. The van der Waals surface area contributed by atoms with Gasteiger partial charge in [-0.2, -0.15) is 5.26 Å². The normalized spacial score (nSPS) is 15.1. The average molecular weight is 282 g/mol. The molecule has 0 heterocycles. The van der Waals surface area contributed by atoms with Crippen molar-refractivity contribution in [3.63, 3.8) is 0 Å². The lowest BCUT2D eigenvalue weighted by atomic mass is 9.96. The Morgan fingerprint density at radius 2 is 1.95 bits per heavy atom. The molecule has 0 saturated heterocycles. The van der Waals surface area contributed by atoms with Crippen LogP contribution in [0.1, 0.15) is 27.2 Å². The molecule has 3 heteroatoms. The van der Waals surface area contributed by atoms with E-state index in [-0.39, 0.29) is 6.10 Å². The van der Waals surface area contributed by atoms with Crippen LogP contribution in [0.2, 0.25) is 0 Å². The van der Waals surface area contributed by atoms with Crippen LogP contribution in [-0.4, -0.2) is 18.2 Å². The molecule has 2 aromatic carbocycles. The molecule has 0 radical (unpaired) electrons. The van der Waals surface area contributed by atoms with Crippen molar-refractivity contribution in [2.24, 2.45) is 0 Å². The number of nitrogens with zero attached hydrogens (tertiary/aromatic N) is 1. The van der Waals surface area contributed by atoms with Gasteiger partial charge in [-0.3, -0.25) is 5.32 Å². The first kappa shape index (κ1) is 15.3. The van der Waals surface area contributed by atoms with E-state index in [1.807, 2.05) is 45.0 Å². The van der Waals surface area contributed by atoms with Gasteiger partial charge in [0.05, 0.1) is 12.2 Å². The smallest absolute Gasteiger partial charge is 0.120 e. The summed E-state index contributed by atoms with van der Waals surface area (Å²) in [6.07, 6.45) is 0.610. The minimum Gasteiger partial charge on any atom is -0.491 e. The molecule has 0 bridgehead atoms. The van der Waals surface area contributed by atoms with Gasteiger partial charge in [-0.05, 0) is 43.3 Å². The SMILES string of the molecule is CCNC(C)(C#N)CC(C)Oc1ccc2ccccc2c1. The maximum Gasteiger partial charge on any atom is 0.120 e. The van der Waals surface area contributed by atoms with Crippen molar-refractivity contribution >= 4 is 10.8 Å². The summed E-state index contributed by atoms with van der Waals surface area (Å²) in [5.74, 6) is 0.845. The minimum absolute atomic E-state index is 0.0325. The topological polar surface area (TPSA) is 45.0 Å². The van der Waals surface area contributed by atoms with Crippen LogP contribution in [0, 0.1) is 11.3 Å². The summed E-state index contributed by atoms with van der Waals surface area (Å²) in [5.41, 5.74) is -0.551. The first-order valence-corrected chi connectivity index (χ1v) is 7.38. The molecule has 0 fully saturated rings. The third-order valence-corrected chi connectivity index (χ3v) is 3.57. The van der Waals surface area contributed by atoms with Gasteiger partial charge in [0.1, 0.15) is 11.3 Å². The Kier molecular flexibility index (Phi) is 4.82. The Labute approximate surface area is 126 Å². The molecule has 2 atom stereocenters. The van der Waals surface area contributed by atoms with Gasteiger partial charge in [0.25, 0.3) is 0 Å². The van der Waals surface area contributed by atoms with Crippen LogP contribution in [0.25, 0.3) is 10.8 Å². The van der Waals surface area contributed by atoms with Crippen LogP contribution >= 0.6 is 0 Å². The highest BCUT2D eigenvalue weighted by molar-refractivity contribution is 5.83. The fourth-order valence-electron chi connectivity index (χ4n) is 2.64. The van der Waals surface area contributed by atoms with Gasteiger partial charge in [0, 0.05) is 6.42 Å². The largest absolute Gasteiger partial charge is 0.491 e. The lowest BCUT2D eigenvalue weighted by Crippen LogP contribution is -2.44. The second-order valence-electron chi connectivity index (χ2n) is 5.62. The van der Waals surface area contributed by atoms with Crippen LogP contribution in [0.3, 0.4) is 0 Å². The predicted octanol–water partition coefficient (Wildman–Crippen LogP) is 3.89. The third kappa shape index (κ3) is 3.96. The summed E-state index contributed by atoms with van der Waals surface area (Å²) in [6, 6.07) is 16.6. The van der Waals surface area contributed by atoms with Crippen LogP contribution in [0.15, 0.2) is 42.5 Å². The Morgan fingerprint density at radius 3 is 2.62 bits per heavy atom. The summed E-state index contributed by atoms with van der Waals surface area (Å²) in [6.45, 7) is 6.69. The molecule has 21 heavy (non-hydrogen) atoms. The fraction of sp³-hybridized carbons (Fsp3) is 0.389. The maximum atomic E-state index is 9.30. The lowest BCUT2D eigenvalue weighted by molar-refractivity contribution is 0.181. The number of nitrogens with one attached hydrogen (secondary N) is 1. The molecule has 0 aromatic heterocycles. The molecule has 2 aromatic rings. The van der Waals surface area contributed by atoms with E-state index in [0.29, 0.717) is 6.42 Å². The first-order chi connectivity index (χ1) is 10.1. The zero-order valence-electron chi connectivity index (χ0n) is 12.9. The standard InChI is InChI=1S/C18H22N2O/c1-4-20-18(3,13-19)12-14(2)21-17-10-9-15-7-5-6-8-16(15)11-17/h5-11,14,20H,4,12H2,1-3H3. The lowest BCUT2D eigenvalue weighted by Gasteiger charge is -2.26. The highest BCUT2D eigenvalue weighted by Crippen LogP contribution is 2.23. The van der Waals surface area contributed by atoms with Crippen molar-refractivity contribution in [3.8, 4) is 11.8 Å². The molecule has 2 rings (SSSR count). The maximum absolute atomic E-state index is 9.30. The van der Waals surface area contributed by atoms with Gasteiger partial charge in [-0.1, -0.05) is 37.3 Å². The van der Waals surface area contributed by atoms with E-state index in [4.69, 9.17) is 4.74 Å². The van der Waals surface area contributed by atoms with E-state index in [1.165, 1.54) is 5.39 Å². The minimum atomic E-state index is -0.551. The molecule has 3 nitrogen and oxygen atoms in total. The number of hydrogen-bond donors (Lipinski definition) is 1. The molecule has 1 N–H and O–H groups in total. The van der Waals surface area contributed by atoms with Crippen molar-refractivity contribution in [1.82, 2.24) is 5.32 Å². The Morgan fingerprint density at radius 1 is 1.24 bits per heavy atom. The molecule has 0 aliphatic carbocycles. The van der Waals surface area contributed by atoms with Gasteiger partial charge in [0.15, 0.2) is 0 Å². The van der Waals surface area contributed by atoms with E-state index in [9.17, 15) is 5.26 Å². The van der Waals surface area contributed by atoms with Crippen LogP contribution < -0.4 is 10.1 Å². The van der Waals surface area contributed by atoms with Gasteiger partial charge in [-0.15, -0.1) is 0 Å². The number of ether oxygens (including phenoxy) is 1. The van der Waals surface area contributed by atoms with E-state index in [2.05, 4.69) is 29.6 Å². The third-order valence-electron chi connectivity index (χ3n) is 3.57. The number of fused-ring (bicyclic) bond motifs is 1. The van der Waals surface area contributed by atoms with Crippen LogP contribution in [-0.2, 0) is 0 Å². The number of rotatable bonds is 6. The summed E-state index contributed by atoms with van der Waals surface area (Å²) in [5, 5.41) is 14.9. The van der Waals surface area contributed by atoms with Gasteiger partial charge in [-0.25, -0.2) is 0 Å². The van der Waals surface area contributed by atoms with E-state index in [0.717, 1.165) is 17.7 Å². The van der Waals surface area contributed by atoms with Crippen molar-refractivity contribution in [3.05, 3.63) is 42.5 Å². The van der Waals surface area contributed by atoms with E-state index < -0.39 is 5.54 Å². The van der Waals surface area contributed by atoms with Crippen LogP contribution in [0.4, 0.5) is 0 Å². The molecule has 0 aliphatic heterocycles. The predicted molar refractivity (Wildman–Crippen MR) is 86.3 cm³/mol. The Balaban J connectivity index is 2.07. The zero-order chi connectivity index (χ0) is 15.3. The molecule has 0 amide bonds. The molecular formula is C18H22N2O. The van der Waals surface area contributed by atoms with Crippen molar-refractivity contribution in [2.75, 3.05) is 6.54 Å². The molecule has 0 saturated carbocycles. The van der Waals surface area contributed by atoms with E-state index >= 15 is 0 Å². The highest BCUT2D eigenvalue weighted by atomic mass is 16.5. The van der Waals surface area contributed by atoms with E-state index in [1.54, 1.807) is 0 Å². The second-order valence-corrected chi connectivity index (χ2v) is 5.62. The second kappa shape index (κ2) is 6.60.